The maximum atomic E-state index is 14.8. The first-order valence-corrected chi connectivity index (χ1v) is 10.4. The lowest BCUT2D eigenvalue weighted by Gasteiger charge is -2.18. The van der Waals surface area contributed by atoms with Crippen molar-refractivity contribution in [2.45, 2.75) is 63.5 Å². The highest BCUT2D eigenvalue weighted by Gasteiger charge is 2.42. The summed E-state index contributed by atoms with van der Waals surface area (Å²) in [5, 5.41) is 10.6. The Kier molecular flexibility index (Phi) is 8.52. The lowest BCUT2D eigenvalue weighted by Crippen LogP contribution is -2.31. The van der Waals surface area contributed by atoms with Crippen LogP contribution in [0.15, 0.2) is 35.7 Å². The number of aromatic nitrogens is 1. The van der Waals surface area contributed by atoms with Gasteiger partial charge in [0.25, 0.3) is 0 Å². The molecule has 0 aliphatic heterocycles. The minimum absolute atomic E-state index is 0.0591. The minimum atomic E-state index is -2.43. The van der Waals surface area contributed by atoms with E-state index in [1.807, 2.05) is 6.07 Å². The van der Waals surface area contributed by atoms with E-state index in [0.717, 1.165) is 43.4 Å². The summed E-state index contributed by atoms with van der Waals surface area (Å²) in [5.74, 6) is -1.49. The Morgan fingerprint density at radius 3 is 2.27 bits per heavy atom. The fourth-order valence-electron chi connectivity index (χ4n) is 3.00. The van der Waals surface area contributed by atoms with E-state index in [2.05, 4.69) is 29.2 Å². The molecule has 0 spiro atoms. The summed E-state index contributed by atoms with van der Waals surface area (Å²) >= 11 is 6.76. The van der Waals surface area contributed by atoms with E-state index in [1.165, 1.54) is 23.8 Å². The molecule has 0 radical (unpaired) electrons. The number of nitrogens with zero attached hydrogens (tertiary/aromatic N) is 1. The topological polar surface area (TPSA) is 50.2 Å². The van der Waals surface area contributed by atoms with Crippen molar-refractivity contribution in [2.75, 3.05) is 0 Å². The molecule has 26 heavy (non-hydrogen) atoms. The number of aryl methyl sites for hydroxylation is 1. The third-order valence-corrected chi connectivity index (χ3v) is 5.53. The van der Waals surface area contributed by atoms with Crippen LogP contribution in [0, 0.1) is 0 Å². The molecule has 142 valence electrons. The smallest absolute Gasteiger partial charge is 0.347 e. The third-order valence-electron chi connectivity index (χ3n) is 4.55. The van der Waals surface area contributed by atoms with Crippen LogP contribution < -0.4 is 0 Å². The van der Waals surface area contributed by atoms with Crippen molar-refractivity contribution < 1.29 is 14.3 Å². The van der Waals surface area contributed by atoms with Crippen LogP contribution in [0.25, 0.3) is 0 Å². The van der Waals surface area contributed by atoms with Gasteiger partial charge in [0, 0.05) is 5.38 Å². The Morgan fingerprint density at radius 2 is 1.69 bits per heavy atom. The SMILES string of the molecule is O=C(O)C(F)(CCCCCCCCCc1ccccc1)c1csc(Cl)n1. The van der Waals surface area contributed by atoms with E-state index >= 15 is 0 Å². The van der Waals surface area contributed by atoms with Crippen molar-refractivity contribution in [3.05, 3.63) is 51.4 Å². The van der Waals surface area contributed by atoms with Crippen LogP contribution in [0.3, 0.4) is 0 Å². The normalized spacial score (nSPS) is 13.5. The van der Waals surface area contributed by atoms with Crippen LogP contribution in [0.4, 0.5) is 4.39 Å². The Labute approximate surface area is 163 Å². The first-order valence-electron chi connectivity index (χ1n) is 9.10. The Bertz CT molecular complexity index is 679. The van der Waals surface area contributed by atoms with Gasteiger partial charge in [0.1, 0.15) is 5.69 Å². The Hall–Kier alpha value is -1.46. The molecule has 2 aromatic rings. The molecule has 0 bridgehead atoms. The van der Waals surface area contributed by atoms with Crippen LogP contribution in [0.1, 0.15) is 62.6 Å². The van der Waals surface area contributed by atoms with Gasteiger partial charge in [-0.05, 0) is 31.2 Å². The second kappa shape index (κ2) is 10.6. The van der Waals surface area contributed by atoms with Crippen LogP contribution in [0.2, 0.25) is 4.47 Å². The standard InChI is InChI=1S/C20H25ClFNO2S/c21-19-23-17(15-26-19)20(22,18(24)25)14-10-5-3-1-2-4-7-11-16-12-8-6-9-13-16/h6,8-9,12-13,15H,1-5,7,10-11,14H2,(H,24,25). The number of hydrogen-bond donors (Lipinski definition) is 1. The molecule has 1 aromatic heterocycles. The highest BCUT2D eigenvalue weighted by atomic mass is 35.5. The molecule has 1 N–H and O–H groups in total. The molecule has 0 fully saturated rings. The van der Waals surface area contributed by atoms with Crippen molar-refractivity contribution >= 4 is 28.9 Å². The third kappa shape index (κ3) is 6.36. The highest BCUT2D eigenvalue weighted by Crippen LogP contribution is 2.34. The molecule has 0 aliphatic carbocycles. The number of carboxylic acids is 1. The van der Waals surface area contributed by atoms with Crippen molar-refractivity contribution in [1.29, 1.82) is 0 Å². The number of unbranched alkanes of at least 4 members (excludes halogenated alkanes) is 6. The van der Waals surface area contributed by atoms with Crippen LogP contribution in [-0.2, 0) is 16.9 Å². The van der Waals surface area contributed by atoms with Crippen molar-refractivity contribution in [3.63, 3.8) is 0 Å². The van der Waals surface area contributed by atoms with E-state index in [0.29, 0.717) is 6.42 Å². The molecular weight excluding hydrogens is 373 g/mol. The van der Waals surface area contributed by atoms with Crippen LogP contribution >= 0.6 is 22.9 Å². The number of rotatable bonds is 12. The quantitative estimate of drug-likeness (QED) is 0.421. The number of carboxylic acid groups (broad SMARTS) is 1. The van der Waals surface area contributed by atoms with E-state index < -0.39 is 11.6 Å². The number of halogens is 2. The van der Waals surface area contributed by atoms with Gasteiger partial charge in [0.2, 0.25) is 5.67 Å². The number of hydrogen-bond acceptors (Lipinski definition) is 3. The molecule has 1 heterocycles. The first-order chi connectivity index (χ1) is 12.5. The lowest BCUT2D eigenvalue weighted by atomic mass is 9.94. The maximum Gasteiger partial charge on any atom is 0.347 e. The predicted octanol–water partition coefficient (Wildman–Crippen LogP) is 6.41. The summed E-state index contributed by atoms with van der Waals surface area (Å²) in [5.41, 5.74) is -1.14. The van der Waals surface area contributed by atoms with Gasteiger partial charge in [-0.15, -0.1) is 11.3 Å². The van der Waals surface area contributed by atoms with Crippen LogP contribution in [0.5, 0.6) is 0 Å². The van der Waals surface area contributed by atoms with Crippen molar-refractivity contribution in [2.24, 2.45) is 0 Å². The molecule has 3 nitrogen and oxygen atoms in total. The predicted molar refractivity (Wildman–Crippen MR) is 105 cm³/mol. The second-order valence-corrected chi connectivity index (χ2v) is 7.99. The molecule has 0 saturated heterocycles. The maximum absolute atomic E-state index is 14.8. The molecule has 0 amide bonds. The molecule has 1 atom stereocenters. The van der Waals surface area contributed by atoms with Gasteiger partial charge in [-0.3, -0.25) is 0 Å². The van der Waals surface area contributed by atoms with Gasteiger partial charge < -0.3 is 5.11 Å². The monoisotopic (exact) mass is 397 g/mol. The largest absolute Gasteiger partial charge is 0.479 e. The Morgan fingerprint density at radius 1 is 1.08 bits per heavy atom. The van der Waals surface area contributed by atoms with Crippen LogP contribution in [-0.4, -0.2) is 16.1 Å². The second-order valence-electron chi connectivity index (χ2n) is 6.55. The van der Waals surface area contributed by atoms with E-state index in [4.69, 9.17) is 11.6 Å². The number of aliphatic carboxylic acids is 1. The minimum Gasteiger partial charge on any atom is -0.479 e. The summed E-state index contributed by atoms with van der Waals surface area (Å²) in [6.07, 6.45) is 8.04. The number of alkyl halides is 1. The first kappa shape index (κ1) is 20.8. The molecule has 2 rings (SSSR count). The summed E-state index contributed by atoms with van der Waals surface area (Å²) in [7, 11) is 0. The van der Waals surface area contributed by atoms with Gasteiger partial charge in [-0.1, -0.05) is 74.0 Å². The average Bonchev–Trinajstić information content (AvgIpc) is 3.07. The van der Waals surface area contributed by atoms with Crippen molar-refractivity contribution in [1.82, 2.24) is 4.98 Å². The van der Waals surface area contributed by atoms with Gasteiger partial charge in [-0.25, -0.2) is 14.2 Å². The molecule has 1 unspecified atom stereocenters. The van der Waals surface area contributed by atoms with E-state index in [1.54, 1.807) is 0 Å². The average molecular weight is 398 g/mol. The van der Waals surface area contributed by atoms with Gasteiger partial charge >= 0.3 is 5.97 Å². The fraction of sp³-hybridized carbons (Fsp3) is 0.500. The fourth-order valence-corrected chi connectivity index (χ4v) is 3.83. The zero-order chi connectivity index (χ0) is 18.8. The zero-order valence-corrected chi connectivity index (χ0v) is 16.4. The number of benzene rings is 1. The van der Waals surface area contributed by atoms with Gasteiger partial charge in [0.15, 0.2) is 4.47 Å². The summed E-state index contributed by atoms with van der Waals surface area (Å²) in [6.45, 7) is 0. The van der Waals surface area contributed by atoms with E-state index in [9.17, 15) is 14.3 Å². The molecule has 1 aromatic carbocycles. The lowest BCUT2D eigenvalue weighted by molar-refractivity contribution is -0.152. The van der Waals surface area contributed by atoms with Gasteiger partial charge in [0.05, 0.1) is 0 Å². The summed E-state index contributed by atoms with van der Waals surface area (Å²) < 4.78 is 14.9. The molecular formula is C20H25ClFNO2S. The number of carbonyl (C=O) groups is 1. The zero-order valence-electron chi connectivity index (χ0n) is 14.8. The highest BCUT2D eigenvalue weighted by molar-refractivity contribution is 7.14. The molecule has 0 aliphatic rings. The molecule has 0 saturated carbocycles. The summed E-state index contributed by atoms with van der Waals surface area (Å²) in [6, 6.07) is 10.5. The van der Waals surface area contributed by atoms with E-state index in [-0.39, 0.29) is 16.6 Å². The van der Waals surface area contributed by atoms with Crippen molar-refractivity contribution in [3.8, 4) is 0 Å². The Balaban J connectivity index is 1.58. The summed E-state index contributed by atoms with van der Waals surface area (Å²) in [4.78, 5) is 15.1. The molecule has 6 heteroatoms. The van der Waals surface area contributed by atoms with Gasteiger partial charge in [-0.2, -0.15) is 0 Å². The number of thiazole rings is 1.